The van der Waals surface area contributed by atoms with Gasteiger partial charge in [0.05, 0.1) is 0 Å². The van der Waals surface area contributed by atoms with Crippen LogP contribution < -0.4 is 0 Å². The number of hydrogen-bond donors (Lipinski definition) is 2. The highest BCUT2D eigenvalue weighted by atomic mass is 127. The fourth-order valence-electron chi connectivity index (χ4n) is 1.20. The number of aromatic carboxylic acids is 1. The minimum Gasteiger partial charge on any atom is -0.507 e. The molecule has 2 N–H and O–H groups in total. The standard InChI is InChI=1S/C9H5IO3S/c10-6-3-14-8-2-5(9(12)13)7(11)1-4(6)8/h1-3,11H,(H,12,13). The van der Waals surface area contributed by atoms with Crippen LogP contribution in [0, 0.1) is 3.57 Å². The zero-order valence-electron chi connectivity index (χ0n) is 6.82. The van der Waals surface area contributed by atoms with Crippen LogP contribution >= 0.6 is 33.9 Å². The average molecular weight is 320 g/mol. The molecule has 0 unspecified atom stereocenters. The molecule has 0 radical (unpaired) electrons. The van der Waals surface area contributed by atoms with Gasteiger partial charge >= 0.3 is 5.97 Å². The van der Waals surface area contributed by atoms with Crippen molar-refractivity contribution in [2.45, 2.75) is 0 Å². The molecule has 0 saturated heterocycles. The van der Waals surface area contributed by atoms with E-state index in [4.69, 9.17) is 5.11 Å². The molecule has 0 aliphatic heterocycles. The van der Waals surface area contributed by atoms with Crippen molar-refractivity contribution in [1.29, 1.82) is 0 Å². The van der Waals surface area contributed by atoms with Crippen LogP contribution in [0.15, 0.2) is 17.5 Å². The van der Waals surface area contributed by atoms with Crippen molar-refractivity contribution < 1.29 is 15.0 Å². The number of carboxylic acids is 1. The van der Waals surface area contributed by atoms with Crippen molar-refractivity contribution in [3.63, 3.8) is 0 Å². The quantitative estimate of drug-likeness (QED) is 0.795. The fourth-order valence-corrected chi connectivity index (χ4v) is 3.05. The van der Waals surface area contributed by atoms with Gasteiger partial charge in [-0.2, -0.15) is 0 Å². The zero-order chi connectivity index (χ0) is 10.3. The third kappa shape index (κ3) is 1.46. The Labute approximate surface area is 97.1 Å². The van der Waals surface area contributed by atoms with Crippen molar-refractivity contribution in [2.24, 2.45) is 0 Å². The lowest BCUT2D eigenvalue weighted by Crippen LogP contribution is -1.95. The van der Waals surface area contributed by atoms with E-state index in [9.17, 15) is 9.90 Å². The van der Waals surface area contributed by atoms with Crippen molar-refractivity contribution in [1.82, 2.24) is 0 Å². The first-order valence-corrected chi connectivity index (χ1v) is 5.68. The van der Waals surface area contributed by atoms with Gasteiger partial charge < -0.3 is 10.2 Å². The van der Waals surface area contributed by atoms with Gasteiger partial charge in [-0.3, -0.25) is 0 Å². The minimum absolute atomic E-state index is 0.0456. The summed E-state index contributed by atoms with van der Waals surface area (Å²) in [5, 5.41) is 21.0. The highest BCUT2D eigenvalue weighted by Gasteiger charge is 2.12. The van der Waals surface area contributed by atoms with Crippen LogP contribution in [0.3, 0.4) is 0 Å². The summed E-state index contributed by atoms with van der Waals surface area (Å²) < 4.78 is 1.90. The van der Waals surface area contributed by atoms with Crippen LogP contribution in [0.2, 0.25) is 0 Å². The largest absolute Gasteiger partial charge is 0.507 e. The van der Waals surface area contributed by atoms with E-state index in [-0.39, 0.29) is 11.3 Å². The molecular weight excluding hydrogens is 315 g/mol. The van der Waals surface area contributed by atoms with E-state index in [0.717, 1.165) is 13.7 Å². The molecule has 0 bridgehead atoms. The van der Waals surface area contributed by atoms with Crippen LogP contribution in [0.5, 0.6) is 5.75 Å². The van der Waals surface area contributed by atoms with Gasteiger partial charge in [0, 0.05) is 19.0 Å². The molecule has 3 nitrogen and oxygen atoms in total. The smallest absolute Gasteiger partial charge is 0.339 e. The first-order chi connectivity index (χ1) is 6.59. The fraction of sp³-hybridized carbons (Fsp3) is 0. The number of benzene rings is 1. The van der Waals surface area contributed by atoms with E-state index in [2.05, 4.69) is 22.6 Å². The molecular formula is C9H5IO3S. The molecule has 0 saturated carbocycles. The Morgan fingerprint density at radius 1 is 1.43 bits per heavy atom. The molecule has 5 heteroatoms. The molecule has 2 rings (SSSR count). The Hall–Kier alpha value is -0.820. The third-order valence-electron chi connectivity index (χ3n) is 1.87. The number of carbonyl (C=O) groups is 1. The number of halogens is 1. The lowest BCUT2D eigenvalue weighted by molar-refractivity contribution is 0.0694. The maximum Gasteiger partial charge on any atom is 0.339 e. The van der Waals surface area contributed by atoms with Gasteiger partial charge in [0.1, 0.15) is 11.3 Å². The Kier molecular flexibility index (Phi) is 2.36. The number of thiophene rings is 1. The van der Waals surface area contributed by atoms with E-state index in [1.54, 1.807) is 0 Å². The van der Waals surface area contributed by atoms with E-state index in [1.165, 1.54) is 23.5 Å². The second-order valence-corrected chi connectivity index (χ2v) is 4.83. The monoisotopic (exact) mass is 320 g/mol. The number of phenols is 1. The molecule has 0 spiro atoms. The Morgan fingerprint density at radius 2 is 2.14 bits per heavy atom. The van der Waals surface area contributed by atoms with Gasteiger partial charge in [-0.25, -0.2) is 4.79 Å². The molecule has 0 atom stereocenters. The Balaban J connectivity index is 2.79. The molecule has 0 amide bonds. The second-order valence-electron chi connectivity index (χ2n) is 2.75. The van der Waals surface area contributed by atoms with Gasteiger partial charge in [0.25, 0.3) is 0 Å². The van der Waals surface area contributed by atoms with Crippen LogP contribution in [-0.2, 0) is 0 Å². The normalized spacial score (nSPS) is 10.6. The molecule has 72 valence electrons. The topological polar surface area (TPSA) is 57.5 Å². The first-order valence-electron chi connectivity index (χ1n) is 3.72. The maximum atomic E-state index is 10.7. The highest BCUT2D eigenvalue weighted by molar-refractivity contribution is 14.1. The summed E-state index contributed by atoms with van der Waals surface area (Å²) in [6, 6.07) is 3.00. The molecule has 1 aromatic heterocycles. The van der Waals surface area contributed by atoms with E-state index >= 15 is 0 Å². The molecule has 0 fully saturated rings. The molecule has 0 aliphatic rings. The number of aromatic hydroxyl groups is 1. The van der Waals surface area contributed by atoms with Crippen molar-refractivity contribution in [3.05, 3.63) is 26.6 Å². The molecule has 1 aromatic carbocycles. The lowest BCUT2D eigenvalue weighted by atomic mass is 10.1. The average Bonchev–Trinajstić information content (AvgIpc) is 2.46. The molecule has 1 heterocycles. The number of carboxylic acid groups (broad SMARTS) is 1. The SMILES string of the molecule is O=C(O)c1cc2scc(I)c2cc1O. The Morgan fingerprint density at radius 3 is 2.79 bits per heavy atom. The van der Waals surface area contributed by atoms with Crippen LogP contribution in [0.4, 0.5) is 0 Å². The first kappa shape index (κ1) is 9.72. The van der Waals surface area contributed by atoms with Gasteiger partial charge in [0.15, 0.2) is 0 Å². The summed E-state index contributed by atoms with van der Waals surface area (Å²) in [5.74, 6) is -1.28. The van der Waals surface area contributed by atoms with E-state index < -0.39 is 5.97 Å². The molecule has 2 aromatic rings. The zero-order valence-corrected chi connectivity index (χ0v) is 9.79. The summed E-state index contributed by atoms with van der Waals surface area (Å²) in [7, 11) is 0. The minimum atomic E-state index is -1.10. The summed E-state index contributed by atoms with van der Waals surface area (Å²) in [6.45, 7) is 0. The summed E-state index contributed by atoms with van der Waals surface area (Å²) in [5.41, 5.74) is -0.0456. The summed E-state index contributed by atoms with van der Waals surface area (Å²) in [4.78, 5) is 10.7. The van der Waals surface area contributed by atoms with Crippen LogP contribution in [0.25, 0.3) is 10.1 Å². The Bertz CT molecular complexity index is 518. The van der Waals surface area contributed by atoms with Crippen LogP contribution in [-0.4, -0.2) is 16.2 Å². The van der Waals surface area contributed by atoms with Gasteiger partial charge in [-0.15, -0.1) is 11.3 Å². The number of fused-ring (bicyclic) bond motifs is 1. The van der Waals surface area contributed by atoms with Crippen LogP contribution in [0.1, 0.15) is 10.4 Å². The van der Waals surface area contributed by atoms with Crippen molar-refractivity contribution in [2.75, 3.05) is 0 Å². The van der Waals surface area contributed by atoms with Crippen molar-refractivity contribution >= 4 is 50.0 Å². The predicted molar refractivity (Wildman–Crippen MR) is 63.2 cm³/mol. The number of rotatable bonds is 1. The second kappa shape index (κ2) is 3.39. The number of hydrogen-bond acceptors (Lipinski definition) is 3. The van der Waals surface area contributed by atoms with E-state index in [0.29, 0.717) is 0 Å². The van der Waals surface area contributed by atoms with Gasteiger partial charge in [-0.1, -0.05) is 0 Å². The van der Waals surface area contributed by atoms with Crippen molar-refractivity contribution in [3.8, 4) is 5.75 Å². The lowest BCUT2D eigenvalue weighted by Gasteiger charge is -1.99. The van der Waals surface area contributed by atoms with Gasteiger partial charge in [-0.05, 0) is 34.7 Å². The van der Waals surface area contributed by atoms with E-state index in [1.807, 2.05) is 5.38 Å². The molecule has 14 heavy (non-hydrogen) atoms. The highest BCUT2D eigenvalue weighted by Crippen LogP contribution is 2.32. The summed E-state index contributed by atoms with van der Waals surface area (Å²) in [6.07, 6.45) is 0. The maximum absolute atomic E-state index is 10.7. The van der Waals surface area contributed by atoms with Gasteiger partial charge in [0.2, 0.25) is 0 Å². The molecule has 0 aliphatic carbocycles. The summed E-state index contributed by atoms with van der Waals surface area (Å²) >= 11 is 3.62. The third-order valence-corrected chi connectivity index (χ3v) is 4.14. The predicted octanol–water partition coefficient (Wildman–Crippen LogP) is 2.91.